The number of ether oxygens (including phenoxy) is 2. The number of rotatable bonds is 8. The van der Waals surface area contributed by atoms with Crippen LogP contribution in [0.5, 0.6) is 0 Å². The van der Waals surface area contributed by atoms with E-state index < -0.39 is 16.0 Å². The van der Waals surface area contributed by atoms with Crippen LogP contribution in [0.15, 0.2) is 9.72 Å². The molecule has 1 aromatic rings. The first kappa shape index (κ1) is 18.0. The summed E-state index contributed by atoms with van der Waals surface area (Å²) in [5, 5.41) is 0. The van der Waals surface area contributed by atoms with Crippen molar-refractivity contribution in [3.8, 4) is 0 Å². The molecule has 0 saturated carbocycles. The topological polar surface area (TPSA) is 85.8 Å². The Bertz CT molecular complexity index is 570. The van der Waals surface area contributed by atoms with Crippen LogP contribution in [-0.2, 0) is 19.5 Å². The fourth-order valence-electron chi connectivity index (χ4n) is 1.72. The molecule has 0 aromatic carbocycles. The molecule has 21 heavy (non-hydrogen) atoms. The van der Waals surface area contributed by atoms with Crippen LogP contribution in [0.1, 0.15) is 30.8 Å². The van der Waals surface area contributed by atoms with E-state index in [1.54, 1.807) is 0 Å². The van der Waals surface area contributed by atoms with Crippen LogP contribution in [-0.4, -0.2) is 57.1 Å². The maximum atomic E-state index is 12.8. The zero-order valence-electron chi connectivity index (χ0n) is 12.5. The second kappa shape index (κ2) is 7.83. The van der Waals surface area contributed by atoms with E-state index in [0.717, 1.165) is 11.3 Å². The van der Waals surface area contributed by atoms with E-state index in [4.69, 9.17) is 4.74 Å². The Kier molecular flexibility index (Phi) is 6.72. The Balaban J connectivity index is 3.23. The molecule has 0 radical (unpaired) electrons. The minimum Gasteiger partial charge on any atom is -0.464 e. The molecule has 0 amide bonds. The van der Waals surface area contributed by atoms with Gasteiger partial charge in [-0.15, -0.1) is 11.3 Å². The minimum absolute atomic E-state index is 0.0919. The molecule has 0 spiro atoms. The van der Waals surface area contributed by atoms with Crippen LogP contribution < -0.4 is 0 Å². The molecule has 0 aliphatic rings. The lowest BCUT2D eigenvalue weighted by molar-refractivity contribution is 0.0590. The number of aromatic nitrogens is 1. The number of carbonyl (C=O) groups excluding carboxylic acids is 1. The van der Waals surface area contributed by atoms with Crippen molar-refractivity contribution >= 4 is 27.3 Å². The summed E-state index contributed by atoms with van der Waals surface area (Å²) < 4.78 is 36.3. The number of hydrogen-bond acceptors (Lipinski definition) is 7. The number of hydrogen-bond donors (Lipinski definition) is 0. The van der Waals surface area contributed by atoms with Crippen LogP contribution in [0, 0.1) is 0 Å². The van der Waals surface area contributed by atoms with E-state index >= 15 is 0 Å². The van der Waals surface area contributed by atoms with Crippen molar-refractivity contribution in [2.24, 2.45) is 0 Å². The summed E-state index contributed by atoms with van der Waals surface area (Å²) in [6.07, 6.45) is 0.648. The third kappa shape index (κ3) is 4.00. The van der Waals surface area contributed by atoms with E-state index in [1.807, 2.05) is 13.8 Å². The fraction of sp³-hybridized carbons (Fsp3) is 0.667. The van der Waals surface area contributed by atoms with Gasteiger partial charge in [0.25, 0.3) is 10.0 Å². The summed E-state index contributed by atoms with van der Waals surface area (Å²) in [7, 11) is -1.12. The third-order valence-corrected chi connectivity index (χ3v) is 6.42. The lowest BCUT2D eigenvalue weighted by Gasteiger charge is -2.26. The van der Waals surface area contributed by atoms with E-state index in [-0.39, 0.29) is 29.1 Å². The molecule has 1 heterocycles. The van der Waals surface area contributed by atoms with E-state index in [0.29, 0.717) is 6.42 Å². The first-order chi connectivity index (χ1) is 9.89. The van der Waals surface area contributed by atoms with Gasteiger partial charge in [-0.05, 0) is 13.3 Å². The normalized spacial score (nSPS) is 13.4. The number of thiazole rings is 1. The molecule has 9 heteroatoms. The average Bonchev–Trinajstić information content (AvgIpc) is 2.96. The highest BCUT2D eigenvalue weighted by Gasteiger charge is 2.34. The van der Waals surface area contributed by atoms with E-state index in [2.05, 4.69) is 9.72 Å². The van der Waals surface area contributed by atoms with Gasteiger partial charge in [-0.25, -0.2) is 18.2 Å². The smallest absolute Gasteiger partial charge is 0.358 e. The van der Waals surface area contributed by atoms with Gasteiger partial charge in [0.15, 0.2) is 9.90 Å². The van der Waals surface area contributed by atoms with Gasteiger partial charge in [-0.3, -0.25) is 0 Å². The fourth-order valence-corrected chi connectivity index (χ4v) is 4.66. The van der Waals surface area contributed by atoms with Gasteiger partial charge in [0.1, 0.15) is 0 Å². The van der Waals surface area contributed by atoms with Crippen LogP contribution in [0.2, 0.25) is 0 Å². The second-order valence-electron chi connectivity index (χ2n) is 4.35. The quantitative estimate of drug-likeness (QED) is 0.666. The first-order valence-electron chi connectivity index (χ1n) is 6.42. The van der Waals surface area contributed by atoms with Crippen LogP contribution in [0.4, 0.5) is 0 Å². The molecule has 0 saturated heterocycles. The summed E-state index contributed by atoms with van der Waals surface area (Å²) >= 11 is 0.907. The predicted molar refractivity (Wildman–Crippen MR) is 79.0 cm³/mol. The Hall–Kier alpha value is -1.03. The van der Waals surface area contributed by atoms with E-state index in [9.17, 15) is 13.2 Å². The third-order valence-electron chi connectivity index (χ3n) is 3.05. The highest BCUT2D eigenvalue weighted by atomic mass is 32.2. The molecule has 0 aliphatic heterocycles. The molecular weight excluding hydrogens is 316 g/mol. The number of nitrogens with zero attached hydrogens (tertiary/aromatic N) is 2. The van der Waals surface area contributed by atoms with Gasteiger partial charge in [-0.1, -0.05) is 6.92 Å². The Morgan fingerprint density at radius 1 is 1.48 bits per heavy atom. The van der Waals surface area contributed by atoms with Gasteiger partial charge in [0, 0.05) is 19.7 Å². The molecule has 7 nitrogen and oxygen atoms in total. The van der Waals surface area contributed by atoms with Gasteiger partial charge in [0.2, 0.25) is 0 Å². The average molecular weight is 336 g/mol. The zero-order chi connectivity index (χ0) is 16.0. The molecule has 0 fully saturated rings. The van der Waals surface area contributed by atoms with Crippen LogP contribution >= 0.6 is 11.3 Å². The van der Waals surface area contributed by atoms with Crippen molar-refractivity contribution in [1.29, 1.82) is 0 Å². The molecular formula is C12H20N2O5S2. The van der Waals surface area contributed by atoms with Crippen molar-refractivity contribution in [1.82, 2.24) is 9.29 Å². The molecule has 1 atom stereocenters. The summed E-state index contributed by atoms with van der Waals surface area (Å²) in [5.74, 6) is -0.759. The van der Waals surface area contributed by atoms with Crippen molar-refractivity contribution in [3.63, 3.8) is 0 Å². The summed E-state index contributed by atoms with van der Waals surface area (Å²) in [6.45, 7) is 4.20. The number of methoxy groups -OCH3 is 2. The molecule has 1 rings (SSSR count). The summed E-state index contributed by atoms with van der Waals surface area (Å²) in [4.78, 5) is 15.4. The van der Waals surface area contributed by atoms with Crippen molar-refractivity contribution in [3.05, 3.63) is 11.2 Å². The van der Waals surface area contributed by atoms with Crippen molar-refractivity contribution in [2.75, 3.05) is 27.4 Å². The highest BCUT2D eigenvalue weighted by Crippen LogP contribution is 2.26. The Labute approximate surface area is 128 Å². The molecule has 1 unspecified atom stereocenters. The number of sulfonamides is 1. The largest absolute Gasteiger partial charge is 0.464 e. The lowest BCUT2D eigenvalue weighted by Crippen LogP contribution is -2.40. The molecule has 0 N–H and O–H groups in total. The van der Waals surface area contributed by atoms with Crippen LogP contribution in [0.3, 0.4) is 0 Å². The van der Waals surface area contributed by atoms with E-state index in [1.165, 1.54) is 24.0 Å². The first-order valence-corrected chi connectivity index (χ1v) is 8.74. The van der Waals surface area contributed by atoms with Crippen molar-refractivity contribution < 1.29 is 22.7 Å². The second-order valence-corrected chi connectivity index (χ2v) is 7.29. The highest BCUT2D eigenvalue weighted by molar-refractivity contribution is 7.91. The zero-order valence-corrected chi connectivity index (χ0v) is 14.2. The van der Waals surface area contributed by atoms with Gasteiger partial charge >= 0.3 is 5.97 Å². The Morgan fingerprint density at radius 3 is 2.67 bits per heavy atom. The maximum absolute atomic E-state index is 12.8. The number of esters is 1. The standard InChI is InChI=1S/C12H20N2O5S2/c1-5-9(2)14(6-7-18-3)21(16,17)12-10(11(15)19-4)13-8-20-12/h8-9H,5-7H2,1-4H3. The maximum Gasteiger partial charge on any atom is 0.358 e. The van der Waals surface area contributed by atoms with Gasteiger partial charge < -0.3 is 9.47 Å². The summed E-state index contributed by atoms with van der Waals surface area (Å²) in [5.41, 5.74) is 1.15. The SMILES string of the molecule is CCC(C)N(CCOC)S(=O)(=O)c1scnc1C(=O)OC. The molecule has 1 aromatic heterocycles. The predicted octanol–water partition coefficient (Wildman–Crippen LogP) is 1.37. The molecule has 120 valence electrons. The van der Waals surface area contributed by atoms with Crippen molar-refractivity contribution in [2.45, 2.75) is 30.5 Å². The summed E-state index contributed by atoms with van der Waals surface area (Å²) in [6, 6.07) is -0.210. The lowest BCUT2D eigenvalue weighted by atomic mass is 10.3. The minimum atomic E-state index is -3.82. The van der Waals surface area contributed by atoms with Gasteiger partial charge in [0.05, 0.1) is 19.2 Å². The van der Waals surface area contributed by atoms with Crippen LogP contribution in [0.25, 0.3) is 0 Å². The molecule has 0 aliphatic carbocycles. The molecule has 0 bridgehead atoms. The monoisotopic (exact) mass is 336 g/mol. The Morgan fingerprint density at radius 2 is 2.14 bits per heavy atom. The van der Waals surface area contributed by atoms with Gasteiger partial charge in [-0.2, -0.15) is 4.31 Å². The number of carbonyl (C=O) groups is 1.